The lowest BCUT2D eigenvalue weighted by atomic mass is 10.2. The van der Waals surface area contributed by atoms with Crippen molar-refractivity contribution in [3.05, 3.63) is 36.0 Å². The Hall–Kier alpha value is -2.14. The number of anilines is 1. The van der Waals surface area contributed by atoms with Crippen LogP contribution in [0, 0.1) is 6.92 Å². The largest absolute Gasteiger partial charge is 0.354 e. The van der Waals surface area contributed by atoms with Crippen LogP contribution in [0.15, 0.2) is 30.3 Å². The standard InChI is InChI=1S/C19H25N5/c1-4-22(5-2)15-10-11-23(13-15)19-16-8-6-7-9-17(16)24-18(20-19)12-14(3)21-24/h6-9,12,15H,4-5,10-11,13H2,1-3H3. The smallest absolute Gasteiger partial charge is 0.158 e. The topological polar surface area (TPSA) is 36.7 Å². The fourth-order valence-electron chi connectivity index (χ4n) is 3.97. The Balaban J connectivity index is 1.78. The van der Waals surface area contributed by atoms with Crippen LogP contribution in [0.1, 0.15) is 26.0 Å². The van der Waals surface area contributed by atoms with Crippen molar-refractivity contribution < 1.29 is 0 Å². The van der Waals surface area contributed by atoms with Gasteiger partial charge in [0.2, 0.25) is 0 Å². The first kappa shape index (κ1) is 15.4. The summed E-state index contributed by atoms with van der Waals surface area (Å²) in [5, 5.41) is 5.79. The van der Waals surface area contributed by atoms with Gasteiger partial charge in [-0.25, -0.2) is 9.50 Å². The molecule has 1 unspecified atom stereocenters. The van der Waals surface area contributed by atoms with Crippen LogP contribution < -0.4 is 4.90 Å². The zero-order valence-electron chi connectivity index (χ0n) is 14.7. The van der Waals surface area contributed by atoms with Gasteiger partial charge in [-0.3, -0.25) is 4.90 Å². The van der Waals surface area contributed by atoms with Gasteiger partial charge in [0.25, 0.3) is 0 Å². The molecule has 0 amide bonds. The van der Waals surface area contributed by atoms with Crippen molar-refractivity contribution in [2.24, 2.45) is 0 Å². The summed E-state index contributed by atoms with van der Waals surface area (Å²) in [5.41, 5.74) is 3.08. The molecule has 1 aromatic carbocycles. The zero-order chi connectivity index (χ0) is 16.7. The Morgan fingerprint density at radius 3 is 2.79 bits per heavy atom. The van der Waals surface area contributed by atoms with Gasteiger partial charge in [0.1, 0.15) is 5.82 Å². The van der Waals surface area contributed by atoms with Crippen LogP contribution in [0.25, 0.3) is 16.6 Å². The number of nitrogens with zero attached hydrogens (tertiary/aromatic N) is 5. The lowest BCUT2D eigenvalue weighted by molar-refractivity contribution is 0.232. The van der Waals surface area contributed by atoms with Gasteiger partial charge >= 0.3 is 0 Å². The highest BCUT2D eigenvalue weighted by Gasteiger charge is 2.28. The lowest BCUT2D eigenvalue weighted by Gasteiger charge is -2.26. The second-order valence-corrected chi connectivity index (χ2v) is 6.62. The first-order valence-electron chi connectivity index (χ1n) is 8.95. The van der Waals surface area contributed by atoms with E-state index in [1.54, 1.807) is 0 Å². The van der Waals surface area contributed by atoms with Crippen molar-refractivity contribution in [3.63, 3.8) is 0 Å². The van der Waals surface area contributed by atoms with E-state index in [2.05, 4.69) is 59.1 Å². The summed E-state index contributed by atoms with van der Waals surface area (Å²) in [6.07, 6.45) is 1.21. The van der Waals surface area contributed by atoms with Crippen molar-refractivity contribution in [1.82, 2.24) is 19.5 Å². The highest BCUT2D eigenvalue weighted by atomic mass is 15.3. The molecule has 1 saturated heterocycles. The molecule has 0 aliphatic carbocycles. The van der Waals surface area contributed by atoms with Gasteiger partial charge in [0.15, 0.2) is 5.65 Å². The molecule has 0 saturated carbocycles. The molecule has 0 N–H and O–H groups in total. The normalized spacial score (nSPS) is 18.3. The van der Waals surface area contributed by atoms with Gasteiger partial charge in [-0.1, -0.05) is 26.0 Å². The molecule has 5 nitrogen and oxygen atoms in total. The third kappa shape index (κ3) is 2.44. The summed E-state index contributed by atoms with van der Waals surface area (Å²) in [4.78, 5) is 9.97. The summed E-state index contributed by atoms with van der Waals surface area (Å²) in [5.74, 6) is 1.10. The predicted octanol–water partition coefficient (Wildman–Crippen LogP) is 3.11. The maximum atomic E-state index is 4.96. The third-order valence-electron chi connectivity index (χ3n) is 5.20. The molecular formula is C19H25N5. The second-order valence-electron chi connectivity index (χ2n) is 6.62. The predicted molar refractivity (Wildman–Crippen MR) is 98.8 cm³/mol. The SMILES string of the molecule is CCN(CC)C1CCN(c2nc3cc(C)nn3c3ccccc23)C1. The minimum absolute atomic E-state index is 0.628. The molecule has 5 heteroatoms. The van der Waals surface area contributed by atoms with Crippen LogP contribution in [0.4, 0.5) is 5.82 Å². The van der Waals surface area contributed by atoms with Crippen molar-refractivity contribution in [3.8, 4) is 0 Å². The minimum Gasteiger partial charge on any atom is -0.354 e. The number of fused-ring (bicyclic) bond motifs is 3. The van der Waals surface area contributed by atoms with Gasteiger partial charge in [-0.15, -0.1) is 0 Å². The molecule has 24 heavy (non-hydrogen) atoms. The summed E-state index contributed by atoms with van der Waals surface area (Å²) in [6, 6.07) is 11.2. The van der Waals surface area contributed by atoms with Gasteiger partial charge in [0, 0.05) is 30.6 Å². The van der Waals surface area contributed by atoms with Gasteiger partial charge in [-0.05, 0) is 38.6 Å². The average molecular weight is 323 g/mol. The molecule has 2 aromatic heterocycles. The number of hydrogen-bond acceptors (Lipinski definition) is 4. The number of benzene rings is 1. The number of rotatable bonds is 4. The van der Waals surface area contributed by atoms with E-state index in [0.29, 0.717) is 6.04 Å². The molecule has 1 aliphatic rings. The van der Waals surface area contributed by atoms with Crippen molar-refractivity contribution in [2.45, 2.75) is 33.2 Å². The van der Waals surface area contributed by atoms with Crippen LogP contribution in [0.3, 0.4) is 0 Å². The van der Waals surface area contributed by atoms with Crippen LogP contribution >= 0.6 is 0 Å². The second kappa shape index (κ2) is 6.06. The van der Waals surface area contributed by atoms with Gasteiger partial charge in [0.05, 0.1) is 11.2 Å². The number of likely N-dealkylation sites (N-methyl/N-ethyl adjacent to an activating group) is 1. The number of hydrogen-bond donors (Lipinski definition) is 0. The van der Waals surface area contributed by atoms with Gasteiger partial charge in [-0.2, -0.15) is 5.10 Å². The molecule has 4 rings (SSSR count). The monoisotopic (exact) mass is 323 g/mol. The molecular weight excluding hydrogens is 298 g/mol. The molecule has 0 radical (unpaired) electrons. The highest BCUT2D eigenvalue weighted by Crippen LogP contribution is 2.29. The number of para-hydroxylation sites is 1. The van der Waals surface area contributed by atoms with E-state index in [0.717, 1.165) is 48.9 Å². The maximum Gasteiger partial charge on any atom is 0.158 e. The molecule has 1 atom stereocenters. The average Bonchev–Trinajstić information content (AvgIpc) is 3.21. The highest BCUT2D eigenvalue weighted by molar-refractivity contribution is 5.91. The Kier molecular flexibility index (Phi) is 3.88. The van der Waals surface area contributed by atoms with E-state index < -0.39 is 0 Å². The molecule has 0 spiro atoms. The molecule has 3 aromatic rings. The van der Waals surface area contributed by atoms with Crippen molar-refractivity contribution in [2.75, 3.05) is 31.1 Å². The molecule has 1 aliphatic heterocycles. The van der Waals surface area contributed by atoms with Crippen molar-refractivity contribution >= 4 is 22.4 Å². The summed E-state index contributed by atoms with van der Waals surface area (Å²) in [7, 11) is 0. The van der Waals surface area contributed by atoms with E-state index in [1.807, 2.05) is 11.4 Å². The number of aromatic nitrogens is 3. The Bertz CT molecular complexity index is 865. The summed E-state index contributed by atoms with van der Waals surface area (Å²) in [6.45, 7) is 10.9. The lowest BCUT2D eigenvalue weighted by Crippen LogP contribution is -2.37. The Labute approximate surface area is 142 Å². The van der Waals surface area contributed by atoms with Crippen LogP contribution in [0.2, 0.25) is 0 Å². The first-order valence-corrected chi connectivity index (χ1v) is 8.95. The first-order chi connectivity index (χ1) is 11.7. The molecule has 126 valence electrons. The fourth-order valence-corrected chi connectivity index (χ4v) is 3.97. The van der Waals surface area contributed by atoms with E-state index in [9.17, 15) is 0 Å². The summed E-state index contributed by atoms with van der Waals surface area (Å²) < 4.78 is 1.96. The molecule has 1 fully saturated rings. The fraction of sp³-hybridized carbons (Fsp3) is 0.474. The van der Waals surface area contributed by atoms with Crippen LogP contribution in [0.5, 0.6) is 0 Å². The minimum atomic E-state index is 0.628. The Morgan fingerprint density at radius 2 is 2.00 bits per heavy atom. The van der Waals surface area contributed by atoms with Crippen LogP contribution in [-0.4, -0.2) is 51.7 Å². The zero-order valence-corrected chi connectivity index (χ0v) is 14.7. The summed E-state index contributed by atoms with van der Waals surface area (Å²) >= 11 is 0. The van der Waals surface area contributed by atoms with E-state index in [4.69, 9.17) is 4.98 Å². The van der Waals surface area contributed by atoms with E-state index >= 15 is 0 Å². The quantitative estimate of drug-likeness (QED) is 0.739. The Morgan fingerprint density at radius 1 is 1.21 bits per heavy atom. The van der Waals surface area contributed by atoms with E-state index in [-0.39, 0.29) is 0 Å². The van der Waals surface area contributed by atoms with Gasteiger partial charge < -0.3 is 4.90 Å². The van der Waals surface area contributed by atoms with Crippen molar-refractivity contribution in [1.29, 1.82) is 0 Å². The van der Waals surface area contributed by atoms with E-state index in [1.165, 1.54) is 11.8 Å². The maximum absolute atomic E-state index is 4.96. The molecule has 0 bridgehead atoms. The van der Waals surface area contributed by atoms with Crippen LogP contribution in [-0.2, 0) is 0 Å². The molecule has 3 heterocycles. The number of aryl methyl sites for hydroxylation is 1. The third-order valence-corrected chi connectivity index (χ3v) is 5.20.